The van der Waals surface area contributed by atoms with E-state index in [1.807, 2.05) is 22.8 Å². The van der Waals surface area contributed by atoms with Gasteiger partial charge < -0.3 is 0 Å². The molecule has 0 aliphatic rings. The second kappa shape index (κ2) is 11.0. The standard InChI is InChI=1S/C26H33N7O/c1-4-6-7-13-24-29-33(19(3)10-5-2)26(34)32(24)18-20-14-16-21(17-15-20)22-11-8-9-12-23(22)25-27-30-31-28-25/h8-9,11-12,14-17,19H,4-7,10,13,18H2,1-3H3,(H,27,28,30,31). The van der Waals surface area contributed by atoms with Crippen LogP contribution in [0.3, 0.4) is 0 Å². The molecular weight excluding hydrogens is 426 g/mol. The number of rotatable bonds is 11. The highest BCUT2D eigenvalue weighted by atomic mass is 16.2. The van der Waals surface area contributed by atoms with Crippen molar-refractivity contribution in [2.24, 2.45) is 0 Å². The molecule has 8 nitrogen and oxygen atoms in total. The fraction of sp³-hybridized carbons (Fsp3) is 0.423. The number of tetrazole rings is 1. The number of aromatic nitrogens is 7. The van der Waals surface area contributed by atoms with Gasteiger partial charge in [-0.05, 0) is 41.7 Å². The van der Waals surface area contributed by atoms with Crippen LogP contribution in [0, 0.1) is 0 Å². The van der Waals surface area contributed by atoms with E-state index < -0.39 is 0 Å². The van der Waals surface area contributed by atoms with E-state index in [0.717, 1.165) is 66.6 Å². The minimum Gasteiger partial charge on any atom is -0.274 e. The monoisotopic (exact) mass is 459 g/mol. The highest BCUT2D eigenvalue weighted by Crippen LogP contribution is 2.29. The van der Waals surface area contributed by atoms with E-state index in [0.29, 0.717) is 12.4 Å². The van der Waals surface area contributed by atoms with Crippen LogP contribution < -0.4 is 5.69 Å². The molecule has 4 aromatic rings. The van der Waals surface area contributed by atoms with Crippen LogP contribution in [-0.4, -0.2) is 35.0 Å². The highest BCUT2D eigenvalue weighted by molar-refractivity contribution is 5.80. The molecule has 2 heterocycles. The fourth-order valence-corrected chi connectivity index (χ4v) is 4.34. The van der Waals surface area contributed by atoms with Crippen molar-refractivity contribution in [3.8, 4) is 22.5 Å². The summed E-state index contributed by atoms with van der Waals surface area (Å²) in [7, 11) is 0. The summed E-state index contributed by atoms with van der Waals surface area (Å²) in [5.74, 6) is 1.45. The lowest BCUT2D eigenvalue weighted by molar-refractivity contribution is 0.435. The first-order chi connectivity index (χ1) is 16.6. The predicted octanol–water partition coefficient (Wildman–Crippen LogP) is 5.03. The number of unbranched alkanes of at least 4 members (excludes halogenated alkanes) is 2. The molecule has 1 unspecified atom stereocenters. The first kappa shape index (κ1) is 23.6. The Hall–Kier alpha value is -3.55. The summed E-state index contributed by atoms with van der Waals surface area (Å²) in [6.07, 6.45) is 6.12. The average molecular weight is 460 g/mol. The van der Waals surface area contributed by atoms with Gasteiger partial charge in [0, 0.05) is 12.0 Å². The molecule has 0 amide bonds. The van der Waals surface area contributed by atoms with Crippen LogP contribution in [0.15, 0.2) is 53.3 Å². The van der Waals surface area contributed by atoms with E-state index >= 15 is 0 Å². The van der Waals surface area contributed by atoms with E-state index in [2.05, 4.69) is 71.7 Å². The van der Waals surface area contributed by atoms with Gasteiger partial charge in [-0.25, -0.2) is 9.48 Å². The molecule has 0 saturated heterocycles. The van der Waals surface area contributed by atoms with Crippen molar-refractivity contribution in [2.45, 2.75) is 71.9 Å². The van der Waals surface area contributed by atoms with Gasteiger partial charge in [-0.15, -0.1) is 10.2 Å². The van der Waals surface area contributed by atoms with Crippen molar-refractivity contribution in [3.63, 3.8) is 0 Å². The van der Waals surface area contributed by atoms with Crippen LogP contribution >= 0.6 is 0 Å². The van der Waals surface area contributed by atoms with E-state index in [4.69, 9.17) is 5.10 Å². The Bertz CT molecular complexity index is 1240. The molecule has 178 valence electrons. The van der Waals surface area contributed by atoms with Gasteiger partial charge in [0.2, 0.25) is 5.82 Å². The first-order valence-corrected chi connectivity index (χ1v) is 12.2. The maximum absolute atomic E-state index is 13.2. The SMILES string of the molecule is CCCCCc1nn(C(C)CCC)c(=O)n1Cc1ccc(-c2ccccc2-c2nn[nH]n2)cc1. The van der Waals surface area contributed by atoms with Gasteiger partial charge in [0.05, 0.1) is 12.6 Å². The summed E-state index contributed by atoms with van der Waals surface area (Å²) < 4.78 is 3.53. The smallest absolute Gasteiger partial charge is 0.274 e. The van der Waals surface area contributed by atoms with E-state index in [1.165, 1.54) is 0 Å². The number of nitrogens with one attached hydrogen (secondary N) is 1. The molecule has 2 aromatic carbocycles. The van der Waals surface area contributed by atoms with Gasteiger partial charge in [-0.2, -0.15) is 10.3 Å². The molecule has 0 aliphatic heterocycles. The lowest BCUT2D eigenvalue weighted by atomic mass is 9.98. The summed E-state index contributed by atoms with van der Waals surface area (Å²) in [6.45, 7) is 6.92. The maximum atomic E-state index is 13.2. The molecule has 0 fully saturated rings. The number of aryl methyl sites for hydroxylation is 1. The Morgan fingerprint density at radius 3 is 2.41 bits per heavy atom. The topological polar surface area (TPSA) is 94.3 Å². The zero-order chi connectivity index (χ0) is 23.9. The van der Waals surface area contributed by atoms with Gasteiger partial charge in [0.1, 0.15) is 5.82 Å². The van der Waals surface area contributed by atoms with Crippen molar-refractivity contribution in [1.29, 1.82) is 0 Å². The number of H-pyrrole nitrogens is 1. The molecule has 34 heavy (non-hydrogen) atoms. The molecule has 4 rings (SSSR count). The minimum absolute atomic E-state index is 0.0148. The summed E-state index contributed by atoms with van der Waals surface area (Å²) in [4.78, 5) is 13.2. The van der Waals surface area contributed by atoms with Crippen LogP contribution in [0.2, 0.25) is 0 Å². The molecule has 0 radical (unpaired) electrons. The van der Waals surface area contributed by atoms with Crippen molar-refractivity contribution in [2.75, 3.05) is 0 Å². The molecule has 0 bridgehead atoms. The molecule has 0 aliphatic carbocycles. The van der Waals surface area contributed by atoms with Crippen LogP contribution in [0.25, 0.3) is 22.5 Å². The van der Waals surface area contributed by atoms with Crippen LogP contribution in [-0.2, 0) is 13.0 Å². The number of hydrogen-bond acceptors (Lipinski definition) is 5. The zero-order valence-corrected chi connectivity index (χ0v) is 20.2. The van der Waals surface area contributed by atoms with Crippen molar-refractivity contribution in [3.05, 3.63) is 70.4 Å². The normalized spacial score (nSPS) is 12.2. The lowest BCUT2D eigenvalue weighted by Gasteiger charge is -2.10. The Balaban J connectivity index is 1.61. The third kappa shape index (κ3) is 5.16. The zero-order valence-electron chi connectivity index (χ0n) is 20.2. The Morgan fingerprint density at radius 2 is 1.74 bits per heavy atom. The van der Waals surface area contributed by atoms with E-state index in [-0.39, 0.29) is 11.7 Å². The third-order valence-electron chi connectivity index (χ3n) is 6.21. The number of aromatic amines is 1. The molecule has 1 N–H and O–H groups in total. The van der Waals surface area contributed by atoms with Gasteiger partial charge in [0.15, 0.2) is 0 Å². The van der Waals surface area contributed by atoms with E-state index in [9.17, 15) is 4.79 Å². The predicted molar refractivity (Wildman–Crippen MR) is 133 cm³/mol. The second-order valence-electron chi connectivity index (χ2n) is 8.80. The van der Waals surface area contributed by atoms with Gasteiger partial charge in [-0.3, -0.25) is 4.57 Å². The van der Waals surface area contributed by atoms with Crippen molar-refractivity contribution in [1.82, 2.24) is 35.0 Å². The van der Waals surface area contributed by atoms with Crippen molar-refractivity contribution >= 4 is 0 Å². The molecule has 8 heteroatoms. The van der Waals surface area contributed by atoms with Crippen LogP contribution in [0.4, 0.5) is 0 Å². The Morgan fingerprint density at radius 1 is 0.971 bits per heavy atom. The summed E-state index contributed by atoms with van der Waals surface area (Å²) in [5.41, 5.74) is 4.08. The minimum atomic E-state index is -0.0148. The van der Waals surface area contributed by atoms with Gasteiger partial charge in [-0.1, -0.05) is 81.6 Å². The van der Waals surface area contributed by atoms with Gasteiger partial charge in [0.25, 0.3) is 0 Å². The average Bonchev–Trinajstić information content (AvgIpc) is 3.49. The maximum Gasteiger partial charge on any atom is 0.346 e. The number of hydrogen-bond donors (Lipinski definition) is 1. The third-order valence-corrected chi connectivity index (χ3v) is 6.21. The van der Waals surface area contributed by atoms with Crippen molar-refractivity contribution < 1.29 is 0 Å². The molecule has 0 saturated carbocycles. The lowest BCUT2D eigenvalue weighted by Crippen LogP contribution is -2.28. The molecule has 2 aromatic heterocycles. The van der Waals surface area contributed by atoms with Crippen LogP contribution in [0.1, 0.15) is 70.3 Å². The highest BCUT2D eigenvalue weighted by Gasteiger charge is 2.17. The fourth-order valence-electron chi connectivity index (χ4n) is 4.34. The Kier molecular flexibility index (Phi) is 7.67. The summed E-state index contributed by atoms with van der Waals surface area (Å²) in [5, 5.41) is 19.2. The largest absolute Gasteiger partial charge is 0.346 e. The van der Waals surface area contributed by atoms with Gasteiger partial charge >= 0.3 is 5.69 Å². The molecule has 0 spiro atoms. The quantitative estimate of drug-likeness (QED) is 0.317. The Labute approximate surface area is 200 Å². The first-order valence-electron chi connectivity index (χ1n) is 12.2. The molecular formula is C26H33N7O. The second-order valence-corrected chi connectivity index (χ2v) is 8.80. The summed E-state index contributed by atoms with van der Waals surface area (Å²) >= 11 is 0. The van der Waals surface area contributed by atoms with Crippen LogP contribution in [0.5, 0.6) is 0 Å². The number of nitrogens with zero attached hydrogens (tertiary/aromatic N) is 6. The molecule has 1 atom stereocenters. The van der Waals surface area contributed by atoms with E-state index in [1.54, 1.807) is 4.68 Å². The number of benzene rings is 2. The summed E-state index contributed by atoms with van der Waals surface area (Å²) in [6, 6.07) is 16.4.